The van der Waals surface area contributed by atoms with Gasteiger partial charge in [-0.05, 0) is 42.9 Å². The van der Waals surface area contributed by atoms with Crippen molar-refractivity contribution < 1.29 is 14.3 Å². The van der Waals surface area contributed by atoms with E-state index in [4.69, 9.17) is 9.47 Å². The number of benzene rings is 1. The number of hydrogen-bond donors (Lipinski definition) is 0. The molecule has 1 aliphatic rings. The molecule has 4 nitrogen and oxygen atoms in total. The van der Waals surface area contributed by atoms with Gasteiger partial charge in [0.05, 0.1) is 19.4 Å². The summed E-state index contributed by atoms with van der Waals surface area (Å²) < 4.78 is 10.3. The molecule has 114 valence electrons. The molecule has 0 radical (unpaired) electrons. The number of nitrogens with zero attached hydrogens (tertiary/aromatic N) is 1. The molecule has 0 saturated carbocycles. The predicted molar refractivity (Wildman–Crippen MR) is 83.0 cm³/mol. The Balaban J connectivity index is 1.66. The van der Waals surface area contributed by atoms with Crippen molar-refractivity contribution in [3.8, 4) is 5.75 Å². The van der Waals surface area contributed by atoms with Gasteiger partial charge in [0.2, 0.25) is 0 Å². The smallest absolute Gasteiger partial charge is 0.336 e. The van der Waals surface area contributed by atoms with Gasteiger partial charge >= 0.3 is 5.97 Å². The maximum atomic E-state index is 11.7. The van der Waals surface area contributed by atoms with Gasteiger partial charge in [0, 0.05) is 0 Å². The van der Waals surface area contributed by atoms with Crippen LogP contribution >= 0.6 is 0 Å². The highest BCUT2D eigenvalue weighted by atomic mass is 16.5. The monoisotopic (exact) mass is 289 g/mol. The third kappa shape index (κ3) is 4.88. The number of aliphatic imine (C=N–C) groups is 1. The number of carbonyl (C=O) groups is 1. The molecule has 2 rings (SSSR count). The molecule has 0 aromatic heterocycles. The Hall–Kier alpha value is -1.84. The topological polar surface area (TPSA) is 47.9 Å². The average Bonchev–Trinajstić information content (AvgIpc) is 3.25. The molecule has 0 amide bonds. The van der Waals surface area contributed by atoms with E-state index in [1.54, 1.807) is 7.11 Å². The maximum absolute atomic E-state index is 11.7. The second kappa shape index (κ2) is 7.25. The summed E-state index contributed by atoms with van der Waals surface area (Å²) in [6, 6.07) is 7.66. The number of carbonyl (C=O) groups excluding carboxylic acids is 1. The van der Waals surface area contributed by atoms with Gasteiger partial charge in [-0.25, -0.2) is 4.79 Å². The first kappa shape index (κ1) is 15.5. The normalized spacial score (nSPS) is 16.6. The predicted octanol–water partition coefficient (Wildman–Crippen LogP) is 3.04. The Morgan fingerprint density at radius 2 is 1.95 bits per heavy atom. The van der Waals surface area contributed by atoms with Crippen molar-refractivity contribution in [2.24, 2.45) is 10.9 Å². The lowest BCUT2D eigenvalue weighted by molar-refractivity contribution is -0.142. The van der Waals surface area contributed by atoms with Crippen molar-refractivity contribution in [3.63, 3.8) is 0 Å². The lowest BCUT2D eigenvalue weighted by atomic mass is 10.1. The maximum Gasteiger partial charge on any atom is 0.336 e. The van der Waals surface area contributed by atoms with E-state index in [0.29, 0.717) is 12.5 Å². The van der Waals surface area contributed by atoms with Gasteiger partial charge in [-0.15, -0.1) is 0 Å². The number of hydrogen-bond acceptors (Lipinski definition) is 4. The van der Waals surface area contributed by atoms with Crippen LogP contribution in [-0.2, 0) is 16.0 Å². The van der Waals surface area contributed by atoms with E-state index in [2.05, 4.69) is 18.8 Å². The van der Waals surface area contributed by atoms with Crippen LogP contribution in [0.1, 0.15) is 32.3 Å². The van der Waals surface area contributed by atoms with Gasteiger partial charge in [0.15, 0.2) is 6.04 Å². The van der Waals surface area contributed by atoms with Gasteiger partial charge in [-0.2, -0.15) is 0 Å². The van der Waals surface area contributed by atoms with Crippen molar-refractivity contribution >= 4 is 11.7 Å². The molecule has 1 aliphatic heterocycles. The van der Waals surface area contributed by atoms with Crippen molar-refractivity contribution in [1.82, 2.24) is 0 Å². The SMILES string of the molecule is COc1ccc(CCC2=NC2C(=O)OCCC(C)C)cc1. The van der Waals surface area contributed by atoms with Gasteiger partial charge in [0.25, 0.3) is 0 Å². The zero-order valence-electron chi connectivity index (χ0n) is 13.0. The van der Waals surface area contributed by atoms with E-state index < -0.39 is 0 Å². The van der Waals surface area contributed by atoms with E-state index in [-0.39, 0.29) is 12.0 Å². The average molecular weight is 289 g/mol. The summed E-state index contributed by atoms with van der Waals surface area (Å²) in [5.74, 6) is 1.21. The van der Waals surface area contributed by atoms with Gasteiger partial charge < -0.3 is 9.47 Å². The van der Waals surface area contributed by atoms with Crippen molar-refractivity contribution in [2.45, 2.75) is 39.2 Å². The van der Waals surface area contributed by atoms with Crippen LogP contribution in [0.5, 0.6) is 5.75 Å². The van der Waals surface area contributed by atoms with Crippen molar-refractivity contribution in [3.05, 3.63) is 29.8 Å². The fourth-order valence-corrected chi connectivity index (χ4v) is 2.06. The standard InChI is InChI=1S/C17H23NO3/c1-12(2)10-11-21-17(19)16-15(18-16)9-6-13-4-7-14(20-3)8-5-13/h4-5,7-8,12,16H,6,9-11H2,1-3H3. The molecular weight excluding hydrogens is 266 g/mol. The molecule has 0 saturated heterocycles. The Kier molecular flexibility index (Phi) is 5.37. The molecule has 0 fully saturated rings. The van der Waals surface area contributed by atoms with Crippen LogP contribution in [0.2, 0.25) is 0 Å². The van der Waals surface area contributed by atoms with Crippen LogP contribution in [0.15, 0.2) is 29.3 Å². The molecule has 1 aromatic rings. The van der Waals surface area contributed by atoms with E-state index in [0.717, 1.165) is 30.7 Å². The number of ether oxygens (including phenoxy) is 2. The zero-order chi connectivity index (χ0) is 15.2. The first-order valence-corrected chi connectivity index (χ1v) is 7.46. The largest absolute Gasteiger partial charge is 0.497 e. The van der Waals surface area contributed by atoms with E-state index in [1.165, 1.54) is 5.56 Å². The third-order valence-electron chi connectivity index (χ3n) is 3.53. The highest BCUT2D eigenvalue weighted by Gasteiger charge is 2.35. The van der Waals surface area contributed by atoms with Crippen LogP contribution in [-0.4, -0.2) is 31.4 Å². The summed E-state index contributed by atoms with van der Waals surface area (Å²) in [6.45, 7) is 4.72. The molecular formula is C17H23NO3. The molecule has 1 unspecified atom stereocenters. The third-order valence-corrected chi connectivity index (χ3v) is 3.53. The molecule has 1 aromatic carbocycles. The summed E-state index contributed by atoms with van der Waals surface area (Å²) in [6.07, 6.45) is 2.61. The number of esters is 1. The minimum Gasteiger partial charge on any atom is -0.497 e. The zero-order valence-corrected chi connectivity index (χ0v) is 13.0. The molecule has 1 heterocycles. The second-order valence-electron chi connectivity index (χ2n) is 5.72. The van der Waals surface area contributed by atoms with Gasteiger partial charge in [-0.1, -0.05) is 26.0 Å². The summed E-state index contributed by atoms with van der Waals surface area (Å²) in [4.78, 5) is 16.0. The van der Waals surface area contributed by atoms with Crippen molar-refractivity contribution in [1.29, 1.82) is 0 Å². The Labute approximate surface area is 126 Å². The molecule has 4 heteroatoms. The Bertz CT molecular complexity index is 505. The fourth-order valence-electron chi connectivity index (χ4n) is 2.06. The van der Waals surface area contributed by atoms with Crippen LogP contribution < -0.4 is 4.74 Å². The lowest BCUT2D eigenvalue weighted by Crippen LogP contribution is -2.18. The summed E-state index contributed by atoms with van der Waals surface area (Å²) >= 11 is 0. The number of methoxy groups -OCH3 is 1. The Morgan fingerprint density at radius 1 is 1.24 bits per heavy atom. The Morgan fingerprint density at radius 3 is 2.57 bits per heavy atom. The molecule has 21 heavy (non-hydrogen) atoms. The van der Waals surface area contributed by atoms with Crippen molar-refractivity contribution in [2.75, 3.05) is 13.7 Å². The minimum absolute atomic E-state index is 0.194. The number of rotatable bonds is 8. The summed E-state index contributed by atoms with van der Waals surface area (Å²) in [5.41, 5.74) is 2.18. The first-order chi connectivity index (χ1) is 10.1. The molecule has 0 N–H and O–H groups in total. The number of aryl methyl sites for hydroxylation is 1. The first-order valence-electron chi connectivity index (χ1n) is 7.46. The molecule has 0 aliphatic carbocycles. The van der Waals surface area contributed by atoms with Gasteiger partial charge in [-0.3, -0.25) is 4.99 Å². The second-order valence-corrected chi connectivity index (χ2v) is 5.72. The van der Waals surface area contributed by atoms with Crippen LogP contribution in [0, 0.1) is 5.92 Å². The summed E-state index contributed by atoms with van der Waals surface area (Å²) in [7, 11) is 1.66. The van der Waals surface area contributed by atoms with Crippen LogP contribution in [0.25, 0.3) is 0 Å². The summed E-state index contributed by atoms with van der Waals surface area (Å²) in [5, 5.41) is 0. The molecule has 1 atom stereocenters. The van der Waals surface area contributed by atoms with E-state index in [1.807, 2.05) is 24.3 Å². The van der Waals surface area contributed by atoms with Gasteiger partial charge in [0.1, 0.15) is 5.75 Å². The lowest BCUT2D eigenvalue weighted by Gasteiger charge is -2.05. The van der Waals surface area contributed by atoms with Crippen LogP contribution in [0.3, 0.4) is 0 Å². The molecule has 0 spiro atoms. The van der Waals surface area contributed by atoms with E-state index in [9.17, 15) is 4.79 Å². The molecule has 0 bridgehead atoms. The van der Waals surface area contributed by atoms with Crippen LogP contribution in [0.4, 0.5) is 0 Å². The van der Waals surface area contributed by atoms with E-state index >= 15 is 0 Å². The fraction of sp³-hybridized carbons (Fsp3) is 0.529. The minimum atomic E-state index is -0.310. The highest BCUT2D eigenvalue weighted by molar-refractivity contribution is 6.16. The highest BCUT2D eigenvalue weighted by Crippen LogP contribution is 2.20. The quantitative estimate of drug-likeness (QED) is 0.691.